The smallest absolute Gasteiger partial charge is 0.214 e. The van der Waals surface area contributed by atoms with Crippen molar-refractivity contribution in [1.82, 2.24) is 9.62 Å². The molecular formula is C10H22N2O3S. The van der Waals surface area contributed by atoms with Gasteiger partial charge in [0.1, 0.15) is 0 Å². The van der Waals surface area contributed by atoms with E-state index >= 15 is 0 Å². The molecule has 0 spiro atoms. The summed E-state index contributed by atoms with van der Waals surface area (Å²) in [4.78, 5) is 0. The number of nitrogens with one attached hydrogen (secondary N) is 1. The van der Waals surface area contributed by atoms with Crippen LogP contribution in [0.25, 0.3) is 0 Å². The van der Waals surface area contributed by atoms with E-state index in [2.05, 4.69) is 5.32 Å². The van der Waals surface area contributed by atoms with Gasteiger partial charge in [0.05, 0.1) is 18.0 Å². The first-order valence-corrected chi connectivity index (χ1v) is 7.34. The summed E-state index contributed by atoms with van der Waals surface area (Å²) in [6.45, 7) is 5.50. The molecule has 2 atom stereocenters. The first kappa shape index (κ1) is 13.9. The molecule has 16 heavy (non-hydrogen) atoms. The van der Waals surface area contributed by atoms with Gasteiger partial charge < -0.3 is 10.1 Å². The molecule has 0 radical (unpaired) electrons. The summed E-state index contributed by atoms with van der Waals surface area (Å²) < 4.78 is 31.1. The van der Waals surface area contributed by atoms with Gasteiger partial charge in [-0.3, -0.25) is 0 Å². The first-order chi connectivity index (χ1) is 7.45. The lowest BCUT2D eigenvalue weighted by Crippen LogP contribution is -2.48. The normalized spacial score (nSPS) is 28.2. The highest BCUT2D eigenvalue weighted by molar-refractivity contribution is 7.89. The quantitative estimate of drug-likeness (QED) is 0.700. The lowest BCUT2D eigenvalue weighted by Gasteiger charge is -2.34. The minimum atomic E-state index is -3.11. The topological polar surface area (TPSA) is 58.6 Å². The summed E-state index contributed by atoms with van der Waals surface area (Å²) >= 11 is 0. The summed E-state index contributed by atoms with van der Waals surface area (Å²) in [6.07, 6.45) is 0.629. The van der Waals surface area contributed by atoms with Crippen molar-refractivity contribution < 1.29 is 13.2 Å². The Bertz CT molecular complexity index is 295. The Balaban J connectivity index is 2.53. The van der Waals surface area contributed by atoms with Crippen LogP contribution in [0.2, 0.25) is 0 Å². The Morgan fingerprint density at radius 3 is 2.38 bits per heavy atom. The number of sulfonamides is 1. The number of rotatable bonds is 5. The van der Waals surface area contributed by atoms with Gasteiger partial charge in [-0.05, 0) is 33.9 Å². The van der Waals surface area contributed by atoms with Crippen LogP contribution in [0.4, 0.5) is 0 Å². The van der Waals surface area contributed by atoms with Crippen LogP contribution in [-0.2, 0) is 14.8 Å². The molecule has 1 saturated heterocycles. The number of nitrogens with zero attached hydrogens (tertiary/aromatic N) is 1. The maximum absolute atomic E-state index is 12.0. The highest BCUT2D eigenvalue weighted by atomic mass is 32.2. The van der Waals surface area contributed by atoms with Crippen LogP contribution in [0.3, 0.4) is 0 Å². The highest BCUT2D eigenvalue weighted by Gasteiger charge is 2.30. The molecule has 0 aromatic carbocycles. The Kier molecular flexibility index (Phi) is 5.17. The molecule has 1 rings (SSSR count). The zero-order valence-electron chi connectivity index (χ0n) is 10.3. The molecule has 0 bridgehead atoms. The first-order valence-electron chi connectivity index (χ1n) is 5.73. The maximum Gasteiger partial charge on any atom is 0.214 e. The molecule has 96 valence electrons. The molecule has 0 aliphatic carbocycles. The van der Waals surface area contributed by atoms with Crippen molar-refractivity contribution >= 4 is 10.0 Å². The van der Waals surface area contributed by atoms with Gasteiger partial charge in [-0.2, -0.15) is 4.31 Å². The van der Waals surface area contributed by atoms with E-state index in [0.29, 0.717) is 19.5 Å². The second-order valence-corrected chi connectivity index (χ2v) is 6.44. The van der Waals surface area contributed by atoms with Crippen LogP contribution < -0.4 is 5.32 Å². The summed E-state index contributed by atoms with van der Waals surface area (Å²) in [5, 5.41) is 2.95. The van der Waals surface area contributed by atoms with Crippen LogP contribution in [0.5, 0.6) is 0 Å². The van der Waals surface area contributed by atoms with Crippen molar-refractivity contribution in [2.45, 2.75) is 32.5 Å². The van der Waals surface area contributed by atoms with Gasteiger partial charge in [0.15, 0.2) is 0 Å². The molecule has 2 unspecified atom stereocenters. The largest absolute Gasteiger partial charge is 0.373 e. The Hall–Kier alpha value is -0.170. The number of ether oxygens (including phenoxy) is 1. The molecule has 1 heterocycles. The fourth-order valence-corrected chi connectivity index (χ4v) is 3.56. The zero-order chi connectivity index (χ0) is 12.2. The fourth-order valence-electron chi connectivity index (χ4n) is 1.92. The standard InChI is InChI=1S/C10H22N2O3S/c1-9-7-12(8-10(2)15-9)16(13,14)6-4-5-11-3/h9-11H,4-8H2,1-3H3. The zero-order valence-corrected chi connectivity index (χ0v) is 11.1. The van der Waals surface area contributed by atoms with Crippen LogP contribution >= 0.6 is 0 Å². The van der Waals surface area contributed by atoms with Gasteiger partial charge in [-0.15, -0.1) is 0 Å². The minimum absolute atomic E-state index is 0.0113. The van der Waals surface area contributed by atoms with Crippen molar-refractivity contribution in [2.24, 2.45) is 0 Å². The average Bonchev–Trinajstić information content (AvgIpc) is 2.16. The number of hydrogen-bond donors (Lipinski definition) is 1. The SMILES string of the molecule is CNCCCS(=O)(=O)N1CC(C)OC(C)C1. The third kappa shape index (κ3) is 4.01. The molecular weight excluding hydrogens is 228 g/mol. The van der Waals surface area contributed by atoms with E-state index < -0.39 is 10.0 Å². The molecule has 1 N–H and O–H groups in total. The Labute approximate surface area is 98.2 Å². The van der Waals surface area contributed by atoms with Gasteiger partial charge in [-0.1, -0.05) is 0 Å². The predicted octanol–water partition coefficient (Wildman–Crippen LogP) is 0.0349. The van der Waals surface area contributed by atoms with E-state index in [0.717, 1.165) is 6.54 Å². The second kappa shape index (κ2) is 5.95. The summed E-state index contributed by atoms with van der Waals surface area (Å²) in [5.74, 6) is 0.216. The number of hydrogen-bond acceptors (Lipinski definition) is 4. The minimum Gasteiger partial charge on any atom is -0.373 e. The third-order valence-electron chi connectivity index (χ3n) is 2.61. The summed E-state index contributed by atoms with van der Waals surface area (Å²) in [7, 11) is -1.28. The highest BCUT2D eigenvalue weighted by Crippen LogP contribution is 2.15. The molecule has 5 nitrogen and oxygen atoms in total. The van der Waals surface area contributed by atoms with E-state index in [9.17, 15) is 8.42 Å². The van der Waals surface area contributed by atoms with Gasteiger partial charge >= 0.3 is 0 Å². The maximum atomic E-state index is 12.0. The van der Waals surface area contributed by atoms with Crippen molar-refractivity contribution in [3.8, 4) is 0 Å². The lowest BCUT2D eigenvalue weighted by molar-refractivity contribution is -0.0440. The van der Waals surface area contributed by atoms with Gasteiger partial charge in [0.25, 0.3) is 0 Å². The summed E-state index contributed by atoms with van der Waals surface area (Å²) in [6, 6.07) is 0. The summed E-state index contributed by atoms with van der Waals surface area (Å²) in [5.41, 5.74) is 0. The fraction of sp³-hybridized carbons (Fsp3) is 1.00. The molecule has 0 amide bonds. The van der Waals surface area contributed by atoms with E-state index in [4.69, 9.17) is 4.74 Å². The van der Waals surface area contributed by atoms with E-state index in [1.807, 2.05) is 20.9 Å². The van der Waals surface area contributed by atoms with Crippen molar-refractivity contribution in [2.75, 3.05) is 32.4 Å². The second-order valence-electron chi connectivity index (χ2n) is 4.35. The molecule has 1 aliphatic heterocycles. The molecule has 1 fully saturated rings. The van der Waals surface area contributed by atoms with Crippen LogP contribution in [0.15, 0.2) is 0 Å². The number of morpholine rings is 1. The molecule has 6 heteroatoms. The van der Waals surface area contributed by atoms with Crippen LogP contribution in [-0.4, -0.2) is 57.4 Å². The van der Waals surface area contributed by atoms with Crippen molar-refractivity contribution in [3.05, 3.63) is 0 Å². The van der Waals surface area contributed by atoms with E-state index in [1.54, 1.807) is 4.31 Å². The van der Waals surface area contributed by atoms with Gasteiger partial charge in [0.2, 0.25) is 10.0 Å². The molecule has 0 saturated carbocycles. The van der Waals surface area contributed by atoms with Gasteiger partial charge in [-0.25, -0.2) is 8.42 Å². The predicted molar refractivity (Wildman–Crippen MR) is 63.9 cm³/mol. The van der Waals surface area contributed by atoms with Gasteiger partial charge in [0, 0.05) is 13.1 Å². The molecule has 0 aromatic rings. The third-order valence-corrected chi connectivity index (χ3v) is 4.50. The van der Waals surface area contributed by atoms with E-state index in [1.165, 1.54) is 0 Å². The molecule has 1 aliphatic rings. The Morgan fingerprint density at radius 2 is 1.88 bits per heavy atom. The van der Waals surface area contributed by atoms with Crippen molar-refractivity contribution in [1.29, 1.82) is 0 Å². The average molecular weight is 250 g/mol. The Morgan fingerprint density at radius 1 is 1.31 bits per heavy atom. The monoisotopic (exact) mass is 250 g/mol. The van der Waals surface area contributed by atoms with E-state index in [-0.39, 0.29) is 18.0 Å². The van der Waals surface area contributed by atoms with Crippen molar-refractivity contribution in [3.63, 3.8) is 0 Å². The van der Waals surface area contributed by atoms with Crippen LogP contribution in [0, 0.1) is 0 Å². The molecule has 0 aromatic heterocycles. The lowest BCUT2D eigenvalue weighted by atomic mass is 10.3. The van der Waals surface area contributed by atoms with Crippen LogP contribution in [0.1, 0.15) is 20.3 Å².